The number of rotatable bonds is 15. The third-order valence-electron chi connectivity index (χ3n) is 8.07. The quantitative estimate of drug-likeness (QED) is 0.127. The molecule has 5 rings (SSSR count). The van der Waals surface area contributed by atoms with E-state index >= 15 is 0 Å². The standard InChI is InChI=1S/C40H38FN3O5/c41-33-21-18-29(19-22-33)24-35(39(47)42-26-32-16-9-15-31-14-7-8-17-34(31)32)44-40(48)36(25-38(46)49-27-30-12-5-2-6-13-30)43-37(45)23-20-28-10-3-1-4-11-28/h1-19,21-22,35-36H,20,23-27H2,(H,42,47)(H,43,45)(H,44,48). The molecular formula is C40H38FN3O5. The summed E-state index contributed by atoms with van der Waals surface area (Å²) in [4.78, 5) is 53.4. The Hall–Kier alpha value is -5.83. The van der Waals surface area contributed by atoms with Crippen LogP contribution in [0, 0.1) is 5.82 Å². The van der Waals surface area contributed by atoms with E-state index in [1.165, 1.54) is 24.3 Å². The monoisotopic (exact) mass is 659 g/mol. The van der Waals surface area contributed by atoms with Crippen LogP contribution < -0.4 is 16.0 Å². The van der Waals surface area contributed by atoms with Crippen LogP contribution in [0.2, 0.25) is 0 Å². The molecule has 49 heavy (non-hydrogen) atoms. The van der Waals surface area contributed by atoms with E-state index in [1.54, 1.807) is 12.1 Å². The Bertz CT molecular complexity index is 1800. The Labute approximate surface area is 284 Å². The van der Waals surface area contributed by atoms with Crippen LogP contribution in [0.3, 0.4) is 0 Å². The maximum absolute atomic E-state index is 13.8. The number of aryl methyl sites for hydroxylation is 1. The molecule has 0 spiro atoms. The van der Waals surface area contributed by atoms with E-state index < -0.39 is 48.0 Å². The molecule has 0 radical (unpaired) electrons. The van der Waals surface area contributed by atoms with Gasteiger partial charge in [-0.05, 0) is 51.6 Å². The number of fused-ring (bicyclic) bond motifs is 1. The summed E-state index contributed by atoms with van der Waals surface area (Å²) in [5.41, 5.74) is 3.22. The third-order valence-corrected chi connectivity index (χ3v) is 8.07. The van der Waals surface area contributed by atoms with Crippen molar-refractivity contribution in [2.45, 2.75) is 50.9 Å². The number of ether oxygens (including phenoxy) is 1. The van der Waals surface area contributed by atoms with Crippen LogP contribution in [-0.4, -0.2) is 35.8 Å². The van der Waals surface area contributed by atoms with Crippen LogP contribution in [0.4, 0.5) is 4.39 Å². The van der Waals surface area contributed by atoms with Gasteiger partial charge < -0.3 is 20.7 Å². The fourth-order valence-electron chi connectivity index (χ4n) is 5.43. The molecule has 3 amide bonds. The van der Waals surface area contributed by atoms with Gasteiger partial charge in [0.2, 0.25) is 17.7 Å². The molecule has 0 saturated heterocycles. The molecule has 2 atom stereocenters. The van der Waals surface area contributed by atoms with E-state index in [9.17, 15) is 23.6 Å². The molecule has 0 bridgehead atoms. The van der Waals surface area contributed by atoms with E-state index in [-0.39, 0.29) is 26.0 Å². The number of carbonyl (C=O) groups excluding carboxylic acids is 4. The smallest absolute Gasteiger partial charge is 0.308 e. The summed E-state index contributed by atoms with van der Waals surface area (Å²) in [6.07, 6.45) is 0.109. The molecule has 5 aromatic carbocycles. The van der Waals surface area contributed by atoms with Gasteiger partial charge in [0.25, 0.3) is 0 Å². The van der Waals surface area contributed by atoms with Gasteiger partial charge in [0.1, 0.15) is 24.5 Å². The van der Waals surface area contributed by atoms with Crippen LogP contribution in [-0.2, 0) is 49.9 Å². The van der Waals surface area contributed by atoms with Crippen molar-refractivity contribution in [2.75, 3.05) is 0 Å². The Morgan fingerprint density at radius 3 is 2.02 bits per heavy atom. The van der Waals surface area contributed by atoms with Gasteiger partial charge in [-0.15, -0.1) is 0 Å². The van der Waals surface area contributed by atoms with Crippen LogP contribution in [0.1, 0.15) is 35.1 Å². The van der Waals surface area contributed by atoms with Gasteiger partial charge in [-0.2, -0.15) is 0 Å². The molecule has 0 aliphatic rings. The highest BCUT2D eigenvalue weighted by atomic mass is 19.1. The van der Waals surface area contributed by atoms with Crippen molar-refractivity contribution in [1.29, 1.82) is 0 Å². The zero-order valence-corrected chi connectivity index (χ0v) is 26.9. The van der Waals surface area contributed by atoms with E-state index in [2.05, 4.69) is 16.0 Å². The molecule has 0 aromatic heterocycles. The first-order valence-electron chi connectivity index (χ1n) is 16.2. The SMILES string of the molecule is O=C(CCc1ccccc1)NC(CC(=O)OCc1ccccc1)C(=O)NC(Cc1ccc(F)cc1)C(=O)NCc1cccc2ccccc12. The van der Waals surface area contributed by atoms with Gasteiger partial charge in [-0.3, -0.25) is 19.2 Å². The zero-order valence-electron chi connectivity index (χ0n) is 26.9. The number of amides is 3. The van der Waals surface area contributed by atoms with Crippen molar-refractivity contribution in [2.24, 2.45) is 0 Å². The van der Waals surface area contributed by atoms with Gasteiger partial charge in [0, 0.05) is 19.4 Å². The number of hydrogen-bond donors (Lipinski definition) is 3. The number of esters is 1. The minimum atomic E-state index is -1.31. The molecule has 5 aromatic rings. The lowest BCUT2D eigenvalue weighted by Gasteiger charge is -2.23. The topological polar surface area (TPSA) is 114 Å². The van der Waals surface area contributed by atoms with E-state index in [0.29, 0.717) is 12.0 Å². The van der Waals surface area contributed by atoms with E-state index in [1.807, 2.05) is 91.0 Å². The van der Waals surface area contributed by atoms with Crippen LogP contribution >= 0.6 is 0 Å². The second-order valence-electron chi connectivity index (χ2n) is 11.7. The van der Waals surface area contributed by atoms with Gasteiger partial charge in [-0.1, -0.05) is 115 Å². The fraction of sp³-hybridized carbons (Fsp3) is 0.200. The molecule has 8 nitrogen and oxygen atoms in total. The highest BCUT2D eigenvalue weighted by Crippen LogP contribution is 2.18. The van der Waals surface area contributed by atoms with E-state index in [4.69, 9.17) is 4.74 Å². The predicted molar refractivity (Wildman–Crippen MR) is 185 cm³/mol. The van der Waals surface area contributed by atoms with Gasteiger partial charge in [0.15, 0.2) is 0 Å². The minimum absolute atomic E-state index is 0.000266. The maximum Gasteiger partial charge on any atom is 0.308 e. The first-order valence-corrected chi connectivity index (χ1v) is 16.2. The zero-order chi connectivity index (χ0) is 34.4. The molecule has 0 aliphatic heterocycles. The average Bonchev–Trinajstić information content (AvgIpc) is 3.13. The Kier molecular flexibility index (Phi) is 12.2. The number of hydrogen-bond acceptors (Lipinski definition) is 5. The molecule has 0 heterocycles. The first kappa shape index (κ1) is 34.5. The van der Waals surface area contributed by atoms with Gasteiger partial charge in [-0.25, -0.2) is 4.39 Å². The summed E-state index contributed by atoms with van der Waals surface area (Å²) < 4.78 is 19.1. The summed E-state index contributed by atoms with van der Waals surface area (Å²) in [7, 11) is 0. The molecule has 0 aliphatic carbocycles. The van der Waals surface area contributed by atoms with Crippen LogP contribution in [0.25, 0.3) is 10.8 Å². The second kappa shape index (κ2) is 17.4. The number of carbonyl (C=O) groups is 4. The summed E-state index contributed by atoms with van der Waals surface area (Å²) in [5, 5.41) is 10.3. The number of nitrogens with one attached hydrogen (secondary N) is 3. The highest BCUT2D eigenvalue weighted by Gasteiger charge is 2.29. The second-order valence-corrected chi connectivity index (χ2v) is 11.7. The summed E-state index contributed by atoms with van der Waals surface area (Å²) in [6.45, 7) is 0.196. The van der Waals surface area contributed by atoms with Crippen LogP contribution in [0.5, 0.6) is 0 Å². The molecule has 9 heteroatoms. The van der Waals surface area contributed by atoms with Crippen molar-refractivity contribution in [3.8, 4) is 0 Å². The molecule has 0 fully saturated rings. The summed E-state index contributed by atoms with van der Waals surface area (Å²) in [6, 6.07) is 35.4. The normalized spacial score (nSPS) is 12.0. The largest absolute Gasteiger partial charge is 0.461 e. The Morgan fingerprint density at radius 1 is 0.633 bits per heavy atom. The third kappa shape index (κ3) is 10.6. The van der Waals surface area contributed by atoms with E-state index in [0.717, 1.165) is 27.5 Å². The molecular weight excluding hydrogens is 621 g/mol. The predicted octanol–water partition coefficient (Wildman–Crippen LogP) is 5.57. The average molecular weight is 660 g/mol. The van der Waals surface area contributed by atoms with Crippen molar-refractivity contribution in [1.82, 2.24) is 16.0 Å². The Balaban J connectivity index is 1.31. The fourth-order valence-corrected chi connectivity index (χ4v) is 5.43. The van der Waals surface area contributed by atoms with Crippen LogP contribution in [0.15, 0.2) is 127 Å². The van der Waals surface area contributed by atoms with Crippen molar-refractivity contribution in [3.63, 3.8) is 0 Å². The molecule has 3 N–H and O–H groups in total. The minimum Gasteiger partial charge on any atom is -0.461 e. The summed E-state index contributed by atoms with van der Waals surface area (Å²) in [5.74, 6) is -2.76. The lowest BCUT2D eigenvalue weighted by molar-refractivity contribution is -0.147. The van der Waals surface area contributed by atoms with Crippen molar-refractivity contribution < 1.29 is 28.3 Å². The van der Waals surface area contributed by atoms with Gasteiger partial charge >= 0.3 is 5.97 Å². The summed E-state index contributed by atoms with van der Waals surface area (Å²) >= 11 is 0. The number of benzene rings is 5. The molecule has 0 saturated carbocycles. The Morgan fingerprint density at radius 2 is 1.29 bits per heavy atom. The molecule has 2 unspecified atom stereocenters. The number of halogens is 1. The lowest BCUT2D eigenvalue weighted by Crippen LogP contribution is -2.55. The highest BCUT2D eigenvalue weighted by molar-refractivity contribution is 5.94. The van der Waals surface area contributed by atoms with Gasteiger partial charge in [0.05, 0.1) is 6.42 Å². The first-order chi connectivity index (χ1) is 23.8. The molecule has 250 valence electrons. The van der Waals surface area contributed by atoms with Crippen molar-refractivity contribution >= 4 is 34.5 Å². The van der Waals surface area contributed by atoms with Crippen molar-refractivity contribution in [3.05, 3.63) is 155 Å². The lowest BCUT2D eigenvalue weighted by atomic mass is 10.0. The maximum atomic E-state index is 13.8.